The van der Waals surface area contributed by atoms with Crippen LogP contribution in [0.4, 0.5) is 19.3 Å². The van der Waals surface area contributed by atoms with Crippen LogP contribution in [-0.4, -0.2) is 75.9 Å². The molecule has 8 nitrogen and oxygen atoms in total. The minimum Gasteiger partial charge on any atom is -0.453 e. The Kier molecular flexibility index (Phi) is 9.72. The number of carbonyl (C=O) groups excluding carboxylic acids is 1. The van der Waals surface area contributed by atoms with Gasteiger partial charge < -0.3 is 24.8 Å². The van der Waals surface area contributed by atoms with Gasteiger partial charge in [0.05, 0.1) is 35.9 Å². The van der Waals surface area contributed by atoms with Crippen LogP contribution in [0, 0.1) is 52.1 Å². The zero-order valence-corrected chi connectivity index (χ0v) is 25.9. The van der Waals surface area contributed by atoms with E-state index < -0.39 is 11.5 Å². The first kappa shape index (κ1) is 31.7. The lowest BCUT2D eigenvalue weighted by Gasteiger charge is -2.48. The number of amides is 1. The summed E-state index contributed by atoms with van der Waals surface area (Å²) in [4.78, 5) is 18.6. The Morgan fingerprint density at radius 3 is 2.50 bits per heavy atom. The summed E-state index contributed by atoms with van der Waals surface area (Å²) in [7, 11) is 5.19. The van der Waals surface area contributed by atoms with E-state index in [9.17, 15) is 24.1 Å². The van der Waals surface area contributed by atoms with Gasteiger partial charge in [-0.1, -0.05) is 18.6 Å². The largest absolute Gasteiger partial charge is 0.453 e. The highest BCUT2D eigenvalue weighted by Gasteiger charge is 2.52. The van der Waals surface area contributed by atoms with Gasteiger partial charge in [0.2, 0.25) is 0 Å². The maximum atomic E-state index is 14.9. The van der Waals surface area contributed by atoms with Crippen LogP contribution in [-0.2, 0) is 16.7 Å². The zero-order chi connectivity index (χ0) is 31.4. The minimum absolute atomic E-state index is 0.0105. The van der Waals surface area contributed by atoms with Crippen molar-refractivity contribution < 1.29 is 18.3 Å². The SMILES string of the molecule is COC(=O)N[C@H]1CCC[C@@H]1[C@](C#N)(c1cccc(F)c1)C1CCN(CC2CN(c3cc(CN(C)C)c(C#N)cc3F)C2)CC1. The Balaban J connectivity index is 1.25. The van der Waals surface area contributed by atoms with Crippen molar-refractivity contribution in [1.82, 2.24) is 15.1 Å². The third-order valence-corrected chi connectivity index (χ3v) is 9.90. The fraction of sp³-hybridized carbons (Fsp3) is 0.559. The normalized spacial score (nSPS) is 22.6. The Bertz CT molecular complexity index is 1420. The molecule has 2 aromatic rings. The Hall–Kier alpha value is -3.73. The molecular weight excluding hydrogens is 562 g/mol. The van der Waals surface area contributed by atoms with E-state index in [4.69, 9.17) is 4.74 Å². The van der Waals surface area contributed by atoms with Crippen LogP contribution >= 0.6 is 0 Å². The molecule has 234 valence electrons. The Labute approximate surface area is 259 Å². The van der Waals surface area contributed by atoms with E-state index in [0.717, 1.165) is 70.4 Å². The second-order valence-electron chi connectivity index (χ2n) is 12.9. The highest BCUT2D eigenvalue weighted by molar-refractivity contribution is 5.67. The fourth-order valence-corrected chi connectivity index (χ4v) is 7.87. The van der Waals surface area contributed by atoms with E-state index in [0.29, 0.717) is 29.3 Å². The van der Waals surface area contributed by atoms with Gasteiger partial charge in [0.1, 0.15) is 11.6 Å². The summed E-state index contributed by atoms with van der Waals surface area (Å²) in [6, 6.07) is 14.2. The third kappa shape index (κ3) is 6.38. The van der Waals surface area contributed by atoms with Crippen LogP contribution in [0.25, 0.3) is 0 Å². The molecule has 44 heavy (non-hydrogen) atoms. The van der Waals surface area contributed by atoms with Crippen molar-refractivity contribution in [2.45, 2.75) is 50.1 Å². The number of carbonyl (C=O) groups is 1. The lowest BCUT2D eigenvalue weighted by molar-refractivity contribution is 0.0937. The summed E-state index contributed by atoms with van der Waals surface area (Å²) in [6.45, 7) is 4.60. The van der Waals surface area contributed by atoms with Crippen molar-refractivity contribution in [3.63, 3.8) is 0 Å². The number of nitriles is 2. The minimum atomic E-state index is -0.930. The molecule has 1 saturated carbocycles. The molecule has 0 radical (unpaired) electrons. The molecule has 2 aromatic carbocycles. The van der Waals surface area contributed by atoms with Gasteiger partial charge in [0, 0.05) is 44.1 Å². The van der Waals surface area contributed by atoms with Crippen molar-refractivity contribution in [2.24, 2.45) is 17.8 Å². The molecule has 0 aromatic heterocycles. The molecule has 2 heterocycles. The smallest absolute Gasteiger partial charge is 0.407 e. The number of nitrogens with one attached hydrogen (secondary N) is 1. The van der Waals surface area contributed by atoms with Gasteiger partial charge >= 0.3 is 6.09 Å². The number of methoxy groups -OCH3 is 1. The molecule has 0 spiro atoms. The molecule has 2 saturated heterocycles. The molecule has 1 amide bonds. The number of ether oxygens (including phenoxy) is 1. The topological polar surface area (TPSA) is 95.6 Å². The van der Waals surface area contributed by atoms with Gasteiger partial charge in [0.15, 0.2) is 0 Å². The summed E-state index contributed by atoms with van der Waals surface area (Å²) < 4.78 is 34.3. The monoisotopic (exact) mass is 604 g/mol. The maximum Gasteiger partial charge on any atom is 0.407 e. The number of piperidine rings is 1. The molecule has 3 fully saturated rings. The van der Waals surface area contributed by atoms with Gasteiger partial charge in [-0.05, 0) is 94.2 Å². The first-order valence-corrected chi connectivity index (χ1v) is 15.5. The second-order valence-corrected chi connectivity index (χ2v) is 12.9. The Morgan fingerprint density at radius 1 is 1.11 bits per heavy atom. The first-order valence-electron chi connectivity index (χ1n) is 15.5. The zero-order valence-electron chi connectivity index (χ0n) is 25.9. The molecule has 2 aliphatic heterocycles. The highest BCUT2D eigenvalue weighted by Crippen LogP contribution is 2.50. The molecule has 5 rings (SSSR count). The summed E-state index contributed by atoms with van der Waals surface area (Å²) in [6.07, 6.45) is 3.49. The molecule has 3 atom stereocenters. The van der Waals surface area contributed by atoms with Gasteiger partial charge in [-0.15, -0.1) is 0 Å². The summed E-state index contributed by atoms with van der Waals surface area (Å²) in [5, 5.41) is 23.3. The molecule has 1 aliphatic carbocycles. The quantitative estimate of drug-likeness (QED) is 0.429. The molecule has 0 bridgehead atoms. The number of hydrogen-bond donors (Lipinski definition) is 1. The number of likely N-dealkylation sites (tertiary alicyclic amines) is 1. The van der Waals surface area contributed by atoms with Gasteiger partial charge in [-0.25, -0.2) is 13.6 Å². The predicted molar refractivity (Wildman–Crippen MR) is 164 cm³/mol. The highest BCUT2D eigenvalue weighted by atomic mass is 19.1. The van der Waals surface area contributed by atoms with E-state index in [1.165, 1.54) is 25.3 Å². The van der Waals surface area contributed by atoms with Crippen LogP contribution in [0.5, 0.6) is 0 Å². The van der Waals surface area contributed by atoms with Gasteiger partial charge in [-0.2, -0.15) is 10.5 Å². The van der Waals surface area contributed by atoms with Crippen LogP contribution in [0.2, 0.25) is 0 Å². The van der Waals surface area contributed by atoms with E-state index in [1.54, 1.807) is 6.07 Å². The van der Waals surface area contributed by atoms with Gasteiger partial charge in [0.25, 0.3) is 0 Å². The van der Waals surface area contributed by atoms with E-state index in [2.05, 4.69) is 22.4 Å². The lowest BCUT2D eigenvalue weighted by atomic mass is 9.59. The number of nitrogens with zero attached hydrogens (tertiary/aromatic N) is 5. The lowest BCUT2D eigenvalue weighted by Crippen LogP contribution is -2.55. The van der Waals surface area contributed by atoms with Gasteiger partial charge in [-0.3, -0.25) is 0 Å². The van der Waals surface area contributed by atoms with Crippen molar-refractivity contribution in [1.29, 1.82) is 10.5 Å². The summed E-state index contributed by atoms with van der Waals surface area (Å²) >= 11 is 0. The maximum absolute atomic E-state index is 14.9. The number of anilines is 1. The van der Waals surface area contributed by atoms with Crippen molar-refractivity contribution >= 4 is 11.8 Å². The van der Waals surface area contributed by atoms with Crippen LogP contribution in [0.3, 0.4) is 0 Å². The molecule has 10 heteroatoms. The second kappa shape index (κ2) is 13.5. The van der Waals surface area contributed by atoms with Crippen LogP contribution in [0.1, 0.15) is 48.8 Å². The molecular formula is C34H42F2N6O2. The number of benzene rings is 2. The predicted octanol–water partition coefficient (Wildman–Crippen LogP) is 5.03. The van der Waals surface area contributed by atoms with Crippen molar-refractivity contribution in [2.75, 3.05) is 58.8 Å². The molecule has 3 aliphatic rings. The standard InChI is InChI=1S/C34H42F2N6O2/c1-40(2)21-25-15-32(30(36)14-24(25)17-37)42-19-23(20-42)18-41-12-10-26(11-13-41)34(22-38,27-6-4-7-28(35)16-27)29-8-5-9-31(29)39-33(43)44-3/h4,6-7,14-16,23,26,29,31H,5,8-13,18-21H2,1-3H3,(H,39,43)/t29-,31-,34-/m0/s1. The Morgan fingerprint density at radius 2 is 1.86 bits per heavy atom. The average Bonchev–Trinajstić information content (AvgIpc) is 3.45. The molecule has 1 N–H and O–H groups in total. The number of halogens is 2. The third-order valence-electron chi connectivity index (χ3n) is 9.90. The van der Waals surface area contributed by atoms with E-state index in [1.807, 2.05) is 36.0 Å². The number of alkyl carbamates (subject to hydrolysis) is 1. The first-order chi connectivity index (χ1) is 21.2. The van der Waals surface area contributed by atoms with E-state index >= 15 is 0 Å². The summed E-state index contributed by atoms with van der Waals surface area (Å²) in [5.74, 6) is -0.468. The number of rotatable bonds is 9. The van der Waals surface area contributed by atoms with Crippen molar-refractivity contribution in [3.8, 4) is 12.1 Å². The van der Waals surface area contributed by atoms with Crippen LogP contribution in [0.15, 0.2) is 36.4 Å². The fourth-order valence-electron chi connectivity index (χ4n) is 7.87. The number of hydrogen-bond acceptors (Lipinski definition) is 7. The van der Waals surface area contributed by atoms with E-state index in [-0.39, 0.29) is 29.5 Å². The average molecular weight is 605 g/mol. The summed E-state index contributed by atoms with van der Waals surface area (Å²) in [5.41, 5.74) is 1.51. The molecule has 0 unspecified atom stereocenters. The van der Waals surface area contributed by atoms with Crippen molar-refractivity contribution in [3.05, 3.63) is 64.7 Å². The van der Waals surface area contributed by atoms with Crippen LogP contribution < -0.4 is 10.2 Å².